The number of rotatable bonds is 2. The number of aryl methyl sites for hydroxylation is 1. The molecule has 1 heterocycles. The monoisotopic (exact) mass is 272 g/mol. The number of halogens is 1. The molecule has 1 aromatic carbocycles. The largest absolute Gasteiger partial charge is 0.387 e. The summed E-state index contributed by atoms with van der Waals surface area (Å²) < 4.78 is 13.0. The van der Waals surface area contributed by atoms with Gasteiger partial charge in [-0.3, -0.25) is 0 Å². The van der Waals surface area contributed by atoms with Gasteiger partial charge in [0.15, 0.2) is 0 Å². The van der Waals surface area contributed by atoms with Gasteiger partial charge in [-0.2, -0.15) is 23.5 Å². The third-order valence-corrected chi connectivity index (χ3v) is 6.28. The van der Waals surface area contributed by atoms with E-state index in [0.717, 1.165) is 22.6 Å². The van der Waals surface area contributed by atoms with Crippen molar-refractivity contribution in [3.63, 3.8) is 0 Å². The summed E-state index contributed by atoms with van der Waals surface area (Å²) in [6.45, 7) is 4.01. The van der Waals surface area contributed by atoms with Crippen LogP contribution in [0.3, 0.4) is 0 Å². The fraction of sp³-hybridized carbons (Fsp3) is 0.538. The van der Waals surface area contributed by atoms with Crippen molar-refractivity contribution in [2.45, 2.75) is 30.5 Å². The average Bonchev–Trinajstić information content (AvgIpc) is 2.29. The Morgan fingerprint density at radius 2 is 2.06 bits per heavy atom. The molecule has 0 aliphatic carbocycles. The normalized spacial score (nSPS) is 26.8. The molecule has 3 unspecified atom stereocenters. The minimum atomic E-state index is -0.497. The zero-order chi connectivity index (χ0) is 12.4. The second-order valence-corrected chi connectivity index (χ2v) is 7.13. The van der Waals surface area contributed by atoms with Gasteiger partial charge >= 0.3 is 0 Å². The molecule has 1 aliphatic rings. The lowest BCUT2D eigenvalue weighted by molar-refractivity contribution is 0.173. The van der Waals surface area contributed by atoms with E-state index in [2.05, 4.69) is 6.92 Å². The van der Waals surface area contributed by atoms with Crippen LogP contribution < -0.4 is 0 Å². The van der Waals surface area contributed by atoms with Crippen LogP contribution in [0.25, 0.3) is 0 Å². The van der Waals surface area contributed by atoms with Gasteiger partial charge in [0.05, 0.1) is 6.10 Å². The van der Waals surface area contributed by atoms with Gasteiger partial charge in [-0.05, 0) is 30.2 Å². The Balaban J connectivity index is 2.20. The zero-order valence-electron chi connectivity index (χ0n) is 10.0. The van der Waals surface area contributed by atoms with E-state index < -0.39 is 6.10 Å². The van der Waals surface area contributed by atoms with Gasteiger partial charge in [0.2, 0.25) is 0 Å². The molecule has 4 heteroatoms. The average molecular weight is 272 g/mol. The summed E-state index contributed by atoms with van der Waals surface area (Å²) in [5.41, 5.74) is 1.69. The SMILES string of the molecule is Cc1cc(F)ccc1C(O)C1SCCSC1C. The molecule has 0 amide bonds. The van der Waals surface area contributed by atoms with Crippen LogP contribution >= 0.6 is 23.5 Å². The zero-order valence-corrected chi connectivity index (χ0v) is 11.7. The molecule has 1 saturated heterocycles. The molecule has 0 bridgehead atoms. The highest BCUT2D eigenvalue weighted by Gasteiger charge is 2.30. The van der Waals surface area contributed by atoms with E-state index in [-0.39, 0.29) is 11.1 Å². The van der Waals surface area contributed by atoms with Crippen molar-refractivity contribution in [2.24, 2.45) is 0 Å². The van der Waals surface area contributed by atoms with Crippen molar-refractivity contribution in [1.82, 2.24) is 0 Å². The van der Waals surface area contributed by atoms with Crippen LogP contribution in [-0.4, -0.2) is 27.1 Å². The summed E-state index contributed by atoms with van der Waals surface area (Å²) in [4.78, 5) is 0. The molecule has 17 heavy (non-hydrogen) atoms. The standard InChI is InChI=1S/C13H17FOS2/c1-8-7-10(14)3-4-11(8)12(15)13-9(2)16-5-6-17-13/h3-4,7,9,12-13,15H,5-6H2,1-2H3. The molecular weight excluding hydrogens is 255 g/mol. The first-order valence-electron chi connectivity index (χ1n) is 5.77. The fourth-order valence-electron chi connectivity index (χ4n) is 2.14. The maximum Gasteiger partial charge on any atom is 0.123 e. The Hall–Kier alpha value is -0.190. The molecule has 1 aliphatic heterocycles. The lowest BCUT2D eigenvalue weighted by Crippen LogP contribution is -2.29. The Morgan fingerprint density at radius 1 is 1.35 bits per heavy atom. The molecule has 3 atom stereocenters. The van der Waals surface area contributed by atoms with Crippen LogP contribution in [0.15, 0.2) is 18.2 Å². The Morgan fingerprint density at radius 3 is 2.71 bits per heavy atom. The lowest BCUT2D eigenvalue weighted by atomic mass is 9.99. The molecule has 0 saturated carbocycles. The van der Waals surface area contributed by atoms with Gasteiger partial charge in [-0.25, -0.2) is 4.39 Å². The predicted octanol–water partition coefficient (Wildman–Crippen LogP) is 3.40. The maximum atomic E-state index is 13.0. The highest BCUT2D eigenvalue weighted by atomic mass is 32.2. The highest BCUT2D eigenvalue weighted by molar-refractivity contribution is 8.07. The van der Waals surface area contributed by atoms with Crippen molar-refractivity contribution in [3.8, 4) is 0 Å². The minimum absolute atomic E-state index is 0.206. The number of thioether (sulfide) groups is 2. The molecule has 0 spiro atoms. The van der Waals surface area contributed by atoms with E-state index in [4.69, 9.17) is 0 Å². The molecule has 0 aromatic heterocycles. The summed E-state index contributed by atoms with van der Waals surface area (Å²) in [5.74, 6) is 1.99. The molecule has 94 valence electrons. The predicted molar refractivity (Wildman–Crippen MR) is 74.3 cm³/mol. The Bertz CT molecular complexity index is 397. The van der Waals surface area contributed by atoms with Gasteiger partial charge < -0.3 is 5.11 Å². The van der Waals surface area contributed by atoms with E-state index in [1.807, 2.05) is 30.4 Å². The topological polar surface area (TPSA) is 20.2 Å². The quantitative estimate of drug-likeness (QED) is 0.891. The van der Waals surface area contributed by atoms with Gasteiger partial charge in [-0.15, -0.1) is 0 Å². The summed E-state index contributed by atoms with van der Waals surface area (Å²) in [6, 6.07) is 4.63. The number of hydrogen-bond acceptors (Lipinski definition) is 3. The number of aliphatic hydroxyl groups is 1. The van der Waals surface area contributed by atoms with E-state index in [0.29, 0.717) is 5.25 Å². The summed E-state index contributed by atoms with van der Waals surface area (Å²) in [6.07, 6.45) is -0.497. The second-order valence-electron chi connectivity index (χ2n) is 4.36. The maximum absolute atomic E-state index is 13.0. The van der Waals surface area contributed by atoms with Crippen LogP contribution in [0, 0.1) is 12.7 Å². The van der Waals surface area contributed by atoms with Crippen LogP contribution in [0.1, 0.15) is 24.2 Å². The van der Waals surface area contributed by atoms with Gasteiger partial charge in [0, 0.05) is 22.0 Å². The fourth-order valence-corrected chi connectivity index (χ4v) is 4.97. The molecule has 2 rings (SSSR count). The Labute approximate surface area is 110 Å². The molecule has 1 fully saturated rings. The molecule has 0 radical (unpaired) electrons. The number of hydrogen-bond donors (Lipinski definition) is 1. The summed E-state index contributed by atoms with van der Waals surface area (Å²) in [7, 11) is 0. The summed E-state index contributed by atoms with van der Waals surface area (Å²) in [5, 5.41) is 11.1. The Kier molecular flexibility index (Phi) is 4.39. The van der Waals surface area contributed by atoms with Crippen LogP contribution in [0.4, 0.5) is 4.39 Å². The molecule has 1 aromatic rings. The van der Waals surface area contributed by atoms with Crippen molar-refractivity contribution >= 4 is 23.5 Å². The van der Waals surface area contributed by atoms with Gasteiger partial charge in [-0.1, -0.05) is 13.0 Å². The summed E-state index contributed by atoms with van der Waals surface area (Å²) >= 11 is 3.73. The first-order chi connectivity index (χ1) is 8.09. The van der Waals surface area contributed by atoms with E-state index in [9.17, 15) is 9.50 Å². The lowest BCUT2D eigenvalue weighted by Gasteiger charge is -2.32. The number of aliphatic hydroxyl groups excluding tert-OH is 1. The van der Waals surface area contributed by atoms with Gasteiger partial charge in [0.25, 0.3) is 0 Å². The first-order valence-corrected chi connectivity index (χ1v) is 7.86. The third-order valence-electron chi connectivity index (χ3n) is 3.10. The molecule has 1 nitrogen and oxygen atoms in total. The molecule has 1 N–H and O–H groups in total. The van der Waals surface area contributed by atoms with Crippen molar-refractivity contribution in [3.05, 3.63) is 35.1 Å². The highest BCUT2D eigenvalue weighted by Crippen LogP contribution is 2.39. The van der Waals surface area contributed by atoms with Crippen molar-refractivity contribution in [1.29, 1.82) is 0 Å². The van der Waals surface area contributed by atoms with Crippen molar-refractivity contribution < 1.29 is 9.50 Å². The first kappa shape index (κ1) is 13.2. The van der Waals surface area contributed by atoms with Crippen LogP contribution in [-0.2, 0) is 0 Å². The van der Waals surface area contributed by atoms with E-state index in [1.54, 1.807) is 6.07 Å². The smallest absolute Gasteiger partial charge is 0.123 e. The number of benzene rings is 1. The van der Waals surface area contributed by atoms with Gasteiger partial charge in [0.1, 0.15) is 5.82 Å². The van der Waals surface area contributed by atoms with E-state index in [1.165, 1.54) is 12.1 Å². The molecular formula is C13H17FOS2. The van der Waals surface area contributed by atoms with Crippen molar-refractivity contribution in [2.75, 3.05) is 11.5 Å². The third kappa shape index (κ3) is 2.98. The van der Waals surface area contributed by atoms with Crippen LogP contribution in [0.5, 0.6) is 0 Å². The van der Waals surface area contributed by atoms with E-state index >= 15 is 0 Å². The minimum Gasteiger partial charge on any atom is -0.387 e. The second kappa shape index (κ2) is 5.63. The van der Waals surface area contributed by atoms with Crippen LogP contribution in [0.2, 0.25) is 0 Å².